The van der Waals surface area contributed by atoms with Crippen molar-refractivity contribution in [1.29, 1.82) is 0 Å². The van der Waals surface area contributed by atoms with E-state index in [1.807, 2.05) is 28.6 Å². The molecule has 3 rings (SSSR count). The van der Waals surface area contributed by atoms with Crippen LogP contribution in [0.5, 0.6) is 0 Å². The van der Waals surface area contributed by atoms with Crippen LogP contribution in [0.1, 0.15) is 18.5 Å². The molecule has 0 radical (unpaired) electrons. The zero-order valence-electron chi connectivity index (χ0n) is 13.0. The summed E-state index contributed by atoms with van der Waals surface area (Å²) in [7, 11) is 4.03. The summed E-state index contributed by atoms with van der Waals surface area (Å²) < 4.78 is 1.86. The van der Waals surface area contributed by atoms with Crippen LogP contribution in [0.15, 0.2) is 24.5 Å². The topological polar surface area (TPSA) is 40.9 Å². The van der Waals surface area contributed by atoms with E-state index in [-0.39, 0.29) is 5.91 Å². The number of carbonyl (C=O) groups is 1. The van der Waals surface area contributed by atoms with Crippen LogP contribution in [0.25, 0.3) is 5.65 Å². The quantitative estimate of drug-likeness (QED) is 0.869. The van der Waals surface area contributed by atoms with Crippen LogP contribution in [0.4, 0.5) is 0 Å². The second kappa shape index (κ2) is 6.26. The summed E-state index contributed by atoms with van der Waals surface area (Å²) in [5.74, 6) is 0.129. The van der Waals surface area contributed by atoms with Crippen molar-refractivity contribution in [3.05, 3.63) is 35.2 Å². The maximum Gasteiger partial charge on any atom is 0.228 e. The Kier molecular flexibility index (Phi) is 4.36. The number of likely N-dealkylation sites (tertiary alicyclic amines) is 1. The van der Waals surface area contributed by atoms with Crippen molar-refractivity contribution < 1.29 is 4.79 Å². The number of rotatable bonds is 3. The van der Waals surface area contributed by atoms with Crippen LogP contribution in [0.3, 0.4) is 0 Å². The Morgan fingerprint density at radius 3 is 2.82 bits per heavy atom. The van der Waals surface area contributed by atoms with Gasteiger partial charge in [-0.2, -0.15) is 0 Å². The van der Waals surface area contributed by atoms with Crippen LogP contribution in [-0.2, 0) is 11.2 Å². The number of hydrogen-bond acceptors (Lipinski definition) is 3. The first kappa shape index (κ1) is 15.3. The van der Waals surface area contributed by atoms with E-state index in [1.54, 1.807) is 12.3 Å². The Morgan fingerprint density at radius 1 is 1.36 bits per heavy atom. The highest BCUT2D eigenvalue weighted by atomic mass is 35.5. The highest BCUT2D eigenvalue weighted by molar-refractivity contribution is 6.30. The third kappa shape index (κ3) is 3.25. The SMILES string of the molecule is CN1CCC(N(C)C(=O)Cc2cn3cc(Cl)ccc3n2)CC1. The van der Waals surface area contributed by atoms with E-state index in [4.69, 9.17) is 11.6 Å². The Labute approximate surface area is 135 Å². The predicted octanol–water partition coefficient (Wildman–Crippen LogP) is 2.08. The van der Waals surface area contributed by atoms with Gasteiger partial charge in [0.2, 0.25) is 5.91 Å². The molecule has 3 heterocycles. The normalized spacial score (nSPS) is 17.0. The lowest BCUT2D eigenvalue weighted by Gasteiger charge is -2.35. The van der Waals surface area contributed by atoms with Gasteiger partial charge in [0.05, 0.1) is 17.1 Å². The molecule has 0 unspecified atom stereocenters. The fourth-order valence-corrected chi connectivity index (χ4v) is 3.14. The first-order valence-electron chi connectivity index (χ1n) is 7.60. The second-order valence-corrected chi connectivity index (χ2v) is 6.50. The minimum Gasteiger partial charge on any atom is -0.342 e. The first-order valence-corrected chi connectivity index (χ1v) is 7.98. The van der Waals surface area contributed by atoms with Gasteiger partial charge in [-0.05, 0) is 45.1 Å². The maximum atomic E-state index is 12.5. The van der Waals surface area contributed by atoms with Crippen molar-refractivity contribution in [2.24, 2.45) is 0 Å². The van der Waals surface area contributed by atoms with Gasteiger partial charge in [-0.3, -0.25) is 4.79 Å². The number of nitrogens with zero attached hydrogens (tertiary/aromatic N) is 4. The van der Waals surface area contributed by atoms with Crippen LogP contribution < -0.4 is 0 Å². The molecule has 1 saturated heterocycles. The number of hydrogen-bond donors (Lipinski definition) is 0. The van der Waals surface area contributed by atoms with Gasteiger partial charge in [0.1, 0.15) is 5.65 Å². The van der Waals surface area contributed by atoms with Gasteiger partial charge in [0, 0.05) is 25.5 Å². The monoisotopic (exact) mass is 320 g/mol. The zero-order valence-corrected chi connectivity index (χ0v) is 13.8. The Hall–Kier alpha value is -1.59. The van der Waals surface area contributed by atoms with Gasteiger partial charge in [-0.1, -0.05) is 11.6 Å². The van der Waals surface area contributed by atoms with Crippen LogP contribution >= 0.6 is 11.6 Å². The standard InChI is InChI=1S/C16H21ClN4O/c1-19-7-5-14(6-8-19)20(2)16(22)9-13-11-21-10-12(17)3-4-15(21)18-13/h3-4,10-11,14H,5-9H2,1-2H3. The molecular weight excluding hydrogens is 300 g/mol. The Morgan fingerprint density at radius 2 is 2.09 bits per heavy atom. The van der Waals surface area contributed by atoms with Gasteiger partial charge in [-0.25, -0.2) is 4.98 Å². The fraction of sp³-hybridized carbons (Fsp3) is 0.500. The van der Waals surface area contributed by atoms with E-state index < -0.39 is 0 Å². The molecule has 0 saturated carbocycles. The van der Waals surface area contributed by atoms with Crippen LogP contribution in [0, 0.1) is 0 Å². The number of likely N-dealkylation sites (N-methyl/N-ethyl adjacent to an activating group) is 1. The van der Waals surface area contributed by atoms with E-state index in [0.29, 0.717) is 17.5 Å². The van der Waals surface area contributed by atoms with Crippen LogP contribution in [-0.4, -0.2) is 58.3 Å². The second-order valence-electron chi connectivity index (χ2n) is 6.06. The molecule has 2 aromatic rings. The van der Waals surface area contributed by atoms with Crippen LogP contribution in [0.2, 0.25) is 5.02 Å². The van der Waals surface area contributed by atoms with E-state index in [9.17, 15) is 4.79 Å². The average Bonchev–Trinajstić information content (AvgIpc) is 2.88. The number of halogens is 1. The molecule has 0 aliphatic carbocycles. The highest BCUT2D eigenvalue weighted by Gasteiger charge is 2.24. The number of piperidine rings is 1. The summed E-state index contributed by atoms with van der Waals surface area (Å²) in [6, 6.07) is 4.01. The number of aromatic nitrogens is 2. The summed E-state index contributed by atoms with van der Waals surface area (Å²) >= 11 is 5.97. The van der Waals surface area contributed by atoms with Gasteiger partial charge in [0.25, 0.3) is 0 Å². The number of imidazole rings is 1. The van der Waals surface area contributed by atoms with E-state index >= 15 is 0 Å². The summed E-state index contributed by atoms with van der Waals surface area (Å²) in [5.41, 5.74) is 1.60. The Balaban J connectivity index is 1.67. The predicted molar refractivity (Wildman–Crippen MR) is 87.2 cm³/mol. The molecule has 0 atom stereocenters. The van der Waals surface area contributed by atoms with Gasteiger partial charge >= 0.3 is 0 Å². The molecule has 0 bridgehead atoms. The molecule has 5 nitrogen and oxygen atoms in total. The lowest BCUT2D eigenvalue weighted by atomic mass is 10.0. The van der Waals surface area contributed by atoms with Crippen molar-refractivity contribution >= 4 is 23.2 Å². The molecule has 6 heteroatoms. The van der Waals surface area contributed by atoms with E-state index in [1.165, 1.54) is 0 Å². The lowest BCUT2D eigenvalue weighted by molar-refractivity contribution is -0.132. The number of carbonyl (C=O) groups excluding carboxylic acids is 1. The van der Waals surface area contributed by atoms with Crippen molar-refractivity contribution in [2.45, 2.75) is 25.3 Å². The number of fused-ring (bicyclic) bond motifs is 1. The molecule has 22 heavy (non-hydrogen) atoms. The van der Waals surface area contributed by atoms with Crippen molar-refractivity contribution in [3.8, 4) is 0 Å². The summed E-state index contributed by atoms with van der Waals surface area (Å²) in [6.45, 7) is 2.10. The molecule has 1 aliphatic heterocycles. The highest BCUT2D eigenvalue weighted by Crippen LogP contribution is 2.16. The molecule has 0 aromatic carbocycles. The Bertz CT molecular complexity index is 676. The van der Waals surface area contributed by atoms with Gasteiger partial charge in [-0.15, -0.1) is 0 Å². The molecule has 1 aliphatic rings. The van der Waals surface area contributed by atoms with E-state index in [0.717, 1.165) is 37.3 Å². The summed E-state index contributed by atoms with van der Waals surface area (Å²) in [4.78, 5) is 21.2. The van der Waals surface area contributed by atoms with Gasteiger partial charge < -0.3 is 14.2 Å². The van der Waals surface area contributed by atoms with Crippen molar-refractivity contribution in [1.82, 2.24) is 19.2 Å². The number of amides is 1. The minimum absolute atomic E-state index is 0.129. The molecule has 118 valence electrons. The maximum absolute atomic E-state index is 12.5. The zero-order chi connectivity index (χ0) is 15.7. The molecule has 1 amide bonds. The van der Waals surface area contributed by atoms with Gasteiger partial charge in [0.15, 0.2) is 0 Å². The summed E-state index contributed by atoms with van der Waals surface area (Å²) in [5, 5.41) is 0.659. The average molecular weight is 321 g/mol. The fourth-order valence-electron chi connectivity index (χ4n) is 2.97. The smallest absolute Gasteiger partial charge is 0.228 e. The summed E-state index contributed by atoms with van der Waals surface area (Å²) in [6.07, 6.45) is 6.10. The largest absolute Gasteiger partial charge is 0.342 e. The van der Waals surface area contributed by atoms with E-state index in [2.05, 4.69) is 16.9 Å². The molecule has 2 aromatic heterocycles. The lowest BCUT2D eigenvalue weighted by Crippen LogP contribution is -2.45. The number of pyridine rings is 1. The third-order valence-corrected chi connectivity index (χ3v) is 4.65. The molecule has 0 N–H and O–H groups in total. The minimum atomic E-state index is 0.129. The third-order valence-electron chi connectivity index (χ3n) is 4.43. The molecule has 0 spiro atoms. The molecule has 1 fully saturated rings. The van der Waals surface area contributed by atoms with Crippen molar-refractivity contribution in [3.63, 3.8) is 0 Å². The first-order chi connectivity index (χ1) is 10.5. The molecular formula is C16H21ClN4O. The van der Waals surface area contributed by atoms with Crippen molar-refractivity contribution in [2.75, 3.05) is 27.2 Å².